The van der Waals surface area contributed by atoms with Crippen LogP contribution in [-0.4, -0.2) is 29.6 Å². The van der Waals surface area contributed by atoms with Gasteiger partial charge in [-0.3, -0.25) is 0 Å². The second kappa shape index (κ2) is 18.9. The molecule has 0 spiro atoms. The van der Waals surface area contributed by atoms with Gasteiger partial charge in [0.2, 0.25) is 0 Å². The van der Waals surface area contributed by atoms with E-state index in [4.69, 9.17) is 10.2 Å². The Kier molecular flexibility index (Phi) is 18.8. The standard InChI is InChI=1S/C19H41NO2/c1-2-3-4-5-6-7-8-9-10-11-12-13-14-15-16-17-20-18-19(21)22/h19-22H,2-18H2,1H3. The predicted molar refractivity (Wildman–Crippen MR) is 96.0 cm³/mol. The third kappa shape index (κ3) is 19.9. The Morgan fingerprint density at radius 2 is 0.955 bits per heavy atom. The van der Waals surface area contributed by atoms with E-state index in [1.54, 1.807) is 0 Å². The van der Waals surface area contributed by atoms with E-state index in [0.717, 1.165) is 13.0 Å². The number of rotatable bonds is 18. The zero-order valence-corrected chi connectivity index (χ0v) is 15.0. The molecule has 0 aliphatic rings. The van der Waals surface area contributed by atoms with Gasteiger partial charge in [-0.25, -0.2) is 0 Å². The van der Waals surface area contributed by atoms with Crippen LogP contribution < -0.4 is 5.32 Å². The van der Waals surface area contributed by atoms with Gasteiger partial charge in [-0.05, 0) is 13.0 Å². The highest BCUT2D eigenvalue weighted by atomic mass is 16.5. The molecule has 0 saturated carbocycles. The minimum atomic E-state index is -1.21. The molecule has 0 rings (SSSR count). The van der Waals surface area contributed by atoms with Crippen LogP contribution in [-0.2, 0) is 0 Å². The summed E-state index contributed by atoms with van der Waals surface area (Å²) in [6, 6.07) is 0. The highest BCUT2D eigenvalue weighted by molar-refractivity contribution is 4.52. The fraction of sp³-hybridized carbons (Fsp3) is 1.00. The smallest absolute Gasteiger partial charge is 0.164 e. The first kappa shape index (κ1) is 21.9. The van der Waals surface area contributed by atoms with Crippen LogP contribution in [0.5, 0.6) is 0 Å². The van der Waals surface area contributed by atoms with Crippen LogP contribution in [0, 0.1) is 0 Å². The lowest BCUT2D eigenvalue weighted by Crippen LogP contribution is -2.26. The average Bonchev–Trinajstić information content (AvgIpc) is 2.50. The van der Waals surface area contributed by atoms with Crippen LogP contribution in [0.2, 0.25) is 0 Å². The second-order valence-corrected chi connectivity index (χ2v) is 6.63. The highest BCUT2D eigenvalue weighted by Gasteiger charge is 1.96. The van der Waals surface area contributed by atoms with E-state index in [0.29, 0.717) is 6.54 Å². The van der Waals surface area contributed by atoms with Gasteiger partial charge >= 0.3 is 0 Å². The second-order valence-electron chi connectivity index (χ2n) is 6.63. The number of aliphatic hydroxyl groups excluding tert-OH is 1. The molecule has 0 aromatic rings. The molecule has 0 aromatic carbocycles. The molecular formula is C19H41NO2. The molecule has 0 bridgehead atoms. The first-order valence-electron chi connectivity index (χ1n) is 9.84. The molecule has 0 heterocycles. The molecule has 0 aliphatic heterocycles. The molecule has 0 aliphatic carbocycles. The molecule has 22 heavy (non-hydrogen) atoms. The lowest BCUT2D eigenvalue weighted by Gasteiger charge is -2.06. The van der Waals surface area contributed by atoms with Crippen molar-refractivity contribution >= 4 is 0 Å². The van der Waals surface area contributed by atoms with Gasteiger partial charge in [0.25, 0.3) is 0 Å². The average molecular weight is 316 g/mol. The van der Waals surface area contributed by atoms with Crippen LogP contribution >= 0.6 is 0 Å². The van der Waals surface area contributed by atoms with Crippen molar-refractivity contribution in [3.63, 3.8) is 0 Å². The van der Waals surface area contributed by atoms with Crippen LogP contribution in [0.4, 0.5) is 0 Å². The minimum absolute atomic E-state index is 0.290. The molecule has 0 saturated heterocycles. The van der Waals surface area contributed by atoms with Gasteiger partial charge in [0.1, 0.15) is 0 Å². The molecule has 134 valence electrons. The first-order chi connectivity index (χ1) is 10.8. The molecule has 0 aromatic heterocycles. The summed E-state index contributed by atoms with van der Waals surface area (Å²) in [4.78, 5) is 0. The Hall–Kier alpha value is -0.120. The minimum Gasteiger partial charge on any atom is -0.367 e. The molecule has 0 radical (unpaired) electrons. The van der Waals surface area contributed by atoms with Gasteiger partial charge in [-0.2, -0.15) is 0 Å². The summed E-state index contributed by atoms with van der Waals surface area (Å²) in [6.45, 7) is 3.47. The summed E-state index contributed by atoms with van der Waals surface area (Å²) >= 11 is 0. The van der Waals surface area contributed by atoms with E-state index in [-0.39, 0.29) is 0 Å². The summed E-state index contributed by atoms with van der Waals surface area (Å²) in [5.74, 6) is 0. The Bertz CT molecular complexity index is 198. The van der Waals surface area contributed by atoms with Crippen molar-refractivity contribution < 1.29 is 10.2 Å². The van der Waals surface area contributed by atoms with Crippen LogP contribution in [0.3, 0.4) is 0 Å². The van der Waals surface area contributed by atoms with Gasteiger partial charge in [0, 0.05) is 6.54 Å². The summed E-state index contributed by atoms with van der Waals surface area (Å²) in [7, 11) is 0. The lowest BCUT2D eigenvalue weighted by atomic mass is 10.0. The maximum absolute atomic E-state index is 8.67. The van der Waals surface area contributed by atoms with Crippen LogP contribution in [0.15, 0.2) is 0 Å². The number of nitrogens with one attached hydrogen (secondary N) is 1. The number of hydrogen-bond acceptors (Lipinski definition) is 3. The van der Waals surface area contributed by atoms with E-state index in [1.807, 2.05) is 0 Å². The largest absolute Gasteiger partial charge is 0.367 e. The Morgan fingerprint density at radius 3 is 1.32 bits per heavy atom. The van der Waals surface area contributed by atoms with E-state index >= 15 is 0 Å². The molecule has 3 N–H and O–H groups in total. The maximum Gasteiger partial charge on any atom is 0.164 e. The first-order valence-corrected chi connectivity index (χ1v) is 9.84. The van der Waals surface area contributed by atoms with Crippen molar-refractivity contribution in [3.05, 3.63) is 0 Å². The fourth-order valence-corrected chi connectivity index (χ4v) is 2.85. The summed E-state index contributed by atoms with van der Waals surface area (Å²) < 4.78 is 0. The normalized spacial score (nSPS) is 11.5. The van der Waals surface area contributed by atoms with Crippen molar-refractivity contribution in [1.29, 1.82) is 0 Å². The van der Waals surface area contributed by atoms with E-state index in [9.17, 15) is 0 Å². The van der Waals surface area contributed by atoms with Crippen molar-refractivity contribution in [2.45, 2.75) is 110 Å². The zero-order valence-electron chi connectivity index (χ0n) is 15.0. The molecule has 0 atom stereocenters. The van der Waals surface area contributed by atoms with Crippen molar-refractivity contribution in [3.8, 4) is 0 Å². The lowest BCUT2D eigenvalue weighted by molar-refractivity contribution is -0.0370. The Morgan fingerprint density at radius 1 is 0.591 bits per heavy atom. The summed E-state index contributed by atoms with van der Waals surface area (Å²) in [5.41, 5.74) is 0. The van der Waals surface area contributed by atoms with Gasteiger partial charge in [0.05, 0.1) is 0 Å². The molecule has 0 amide bonds. The quantitative estimate of drug-likeness (QED) is 0.252. The van der Waals surface area contributed by atoms with Gasteiger partial charge in [-0.1, -0.05) is 96.8 Å². The SMILES string of the molecule is CCCCCCCCCCCCCCCCCNCC(O)O. The molecule has 0 unspecified atom stereocenters. The van der Waals surface area contributed by atoms with Crippen molar-refractivity contribution in [1.82, 2.24) is 5.32 Å². The van der Waals surface area contributed by atoms with E-state index < -0.39 is 6.29 Å². The summed E-state index contributed by atoms with van der Waals surface area (Å²) in [5, 5.41) is 20.4. The monoisotopic (exact) mass is 315 g/mol. The Labute approximate surface area is 138 Å². The third-order valence-corrected chi connectivity index (χ3v) is 4.28. The van der Waals surface area contributed by atoms with Crippen LogP contribution in [0.25, 0.3) is 0 Å². The van der Waals surface area contributed by atoms with E-state index in [2.05, 4.69) is 12.2 Å². The predicted octanol–water partition coefficient (Wildman–Crippen LogP) is 4.76. The fourth-order valence-electron chi connectivity index (χ4n) is 2.85. The molecule has 3 nitrogen and oxygen atoms in total. The molecule has 0 fully saturated rings. The number of aliphatic hydroxyl groups is 2. The van der Waals surface area contributed by atoms with Gasteiger partial charge < -0.3 is 15.5 Å². The zero-order chi connectivity index (χ0) is 16.3. The Balaban J connectivity index is 2.94. The highest BCUT2D eigenvalue weighted by Crippen LogP contribution is 2.13. The maximum atomic E-state index is 8.67. The van der Waals surface area contributed by atoms with Crippen LogP contribution in [0.1, 0.15) is 103 Å². The number of unbranched alkanes of at least 4 members (excludes halogenated alkanes) is 14. The van der Waals surface area contributed by atoms with Gasteiger partial charge in [-0.15, -0.1) is 0 Å². The van der Waals surface area contributed by atoms with Crippen molar-refractivity contribution in [2.75, 3.05) is 13.1 Å². The third-order valence-electron chi connectivity index (χ3n) is 4.28. The van der Waals surface area contributed by atoms with E-state index in [1.165, 1.54) is 89.9 Å². The number of hydrogen-bond donors (Lipinski definition) is 3. The van der Waals surface area contributed by atoms with Gasteiger partial charge in [0.15, 0.2) is 6.29 Å². The van der Waals surface area contributed by atoms with Crippen molar-refractivity contribution in [2.24, 2.45) is 0 Å². The topological polar surface area (TPSA) is 52.5 Å². The molecular weight excluding hydrogens is 274 g/mol. The molecule has 3 heteroatoms. The summed E-state index contributed by atoms with van der Waals surface area (Å²) in [6.07, 6.45) is 19.5.